The summed E-state index contributed by atoms with van der Waals surface area (Å²) in [5.41, 5.74) is -0.556. The first kappa shape index (κ1) is 15.2. The van der Waals surface area contributed by atoms with Crippen molar-refractivity contribution >= 4 is 11.8 Å². The third-order valence-corrected chi connectivity index (χ3v) is 4.20. The zero-order valence-electron chi connectivity index (χ0n) is 12.0. The molecule has 0 radical (unpaired) electrons. The van der Waals surface area contributed by atoms with Crippen LogP contribution in [0.2, 0.25) is 0 Å². The summed E-state index contributed by atoms with van der Waals surface area (Å²) in [6.07, 6.45) is 3.22. The van der Waals surface area contributed by atoms with Gasteiger partial charge in [0.2, 0.25) is 0 Å². The Morgan fingerprint density at radius 2 is 1.56 bits per heavy atom. The molecule has 1 aliphatic rings. The van der Waals surface area contributed by atoms with Gasteiger partial charge in [0, 0.05) is 7.11 Å². The first-order chi connectivity index (χ1) is 8.28. The van der Waals surface area contributed by atoms with Crippen LogP contribution in [0.25, 0.3) is 0 Å². The van der Waals surface area contributed by atoms with Crippen molar-refractivity contribution in [3.8, 4) is 0 Å². The van der Waals surface area contributed by atoms with Gasteiger partial charge in [-0.05, 0) is 38.0 Å². The maximum atomic E-state index is 12.4. The van der Waals surface area contributed by atoms with Crippen LogP contribution in [-0.4, -0.2) is 31.6 Å². The number of carbonyl (C=O) groups excluding carboxylic acids is 2. The van der Waals surface area contributed by atoms with Crippen LogP contribution in [-0.2, 0) is 19.1 Å². The number of ether oxygens (including phenoxy) is 2. The Morgan fingerprint density at radius 1 is 1.06 bits per heavy atom. The highest BCUT2D eigenvalue weighted by Crippen LogP contribution is 2.43. The molecule has 1 aliphatic carbocycles. The summed E-state index contributed by atoms with van der Waals surface area (Å²) in [7, 11) is 2.86. The van der Waals surface area contributed by atoms with Crippen molar-refractivity contribution in [2.24, 2.45) is 11.3 Å². The Hall–Kier alpha value is -0.900. The maximum Gasteiger partial charge on any atom is 0.316 e. The minimum Gasteiger partial charge on any atom is -0.468 e. The van der Waals surface area contributed by atoms with Gasteiger partial charge in [0.1, 0.15) is 11.5 Å². The minimum atomic E-state index is -0.802. The van der Waals surface area contributed by atoms with Crippen LogP contribution in [0.3, 0.4) is 0 Å². The maximum absolute atomic E-state index is 12.4. The number of methoxy groups -OCH3 is 2. The average Bonchev–Trinajstić information content (AvgIpc) is 2.37. The molecule has 1 atom stereocenters. The van der Waals surface area contributed by atoms with Gasteiger partial charge in [-0.2, -0.15) is 0 Å². The Kier molecular flexibility index (Phi) is 4.54. The Bertz CT molecular complexity index is 323. The second-order valence-corrected chi connectivity index (χ2v) is 5.97. The third-order valence-electron chi connectivity index (χ3n) is 4.20. The fourth-order valence-corrected chi connectivity index (χ4v) is 2.56. The summed E-state index contributed by atoms with van der Waals surface area (Å²) in [5, 5.41) is 0. The van der Waals surface area contributed by atoms with E-state index in [2.05, 4.69) is 18.6 Å². The SMILES string of the molecule is COC(=O)C(C)C(=O)C1(OC)CCC(C)(C)CC1. The highest BCUT2D eigenvalue weighted by Gasteiger charge is 2.47. The van der Waals surface area contributed by atoms with Crippen molar-refractivity contribution in [3.05, 3.63) is 0 Å². The molecule has 1 fully saturated rings. The van der Waals surface area contributed by atoms with E-state index < -0.39 is 17.5 Å². The first-order valence-electron chi connectivity index (χ1n) is 6.45. The number of ketones is 1. The van der Waals surface area contributed by atoms with Crippen LogP contribution in [0.4, 0.5) is 0 Å². The highest BCUT2D eigenvalue weighted by atomic mass is 16.5. The minimum absolute atomic E-state index is 0.146. The van der Waals surface area contributed by atoms with E-state index in [1.165, 1.54) is 7.11 Å². The van der Waals surface area contributed by atoms with E-state index in [4.69, 9.17) is 4.74 Å². The van der Waals surface area contributed by atoms with Crippen molar-refractivity contribution in [3.63, 3.8) is 0 Å². The summed E-state index contributed by atoms with van der Waals surface area (Å²) in [5.74, 6) is -1.38. The molecule has 18 heavy (non-hydrogen) atoms. The summed E-state index contributed by atoms with van der Waals surface area (Å²) >= 11 is 0. The lowest BCUT2D eigenvalue weighted by Crippen LogP contribution is -2.49. The Labute approximate surface area is 109 Å². The molecule has 0 aromatic rings. The van der Waals surface area contributed by atoms with Gasteiger partial charge in [0.05, 0.1) is 7.11 Å². The van der Waals surface area contributed by atoms with E-state index >= 15 is 0 Å². The molecule has 0 N–H and O–H groups in total. The van der Waals surface area contributed by atoms with Crippen LogP contribution in [0.15, 0.2) is 0 Å². The summed E-state index contributed by atoms with van der Waals surface area (Å²) < 4.78 is 10.1. The quantitative estimate of drug-likeness (QED) is 0.572. The molecular formula is C14H24O4. The largest absolute Gasteiger partial charge is 0.468 e. The lowest BCUT2D eigenvalue weighted by atomic mass is 9.68. The smallest absolute Gasteiger partial charge is 0.316 e. The van der Waals surface area contributed by atoms with E-state index in [0.717, 1.165) is 12.8 Å². The molecule has 1 rings (SSSR count). The predicted molar refractivity (Wildman–Crippen MR) is 68.2 cm³/mol. The van der Waals surface area contributed by atoms with Gasteiger partial charge in [-0.25, -0.2) is 0 Å². The lowest BCUT2D eigenvalue weighted by Gasteiger charge is -2.42. The van der Waals surface area contributed by atoms with Gasteiger partial charge in [-0.1, -0.05) is 13.8 Å². The number of hydrogen-bond donors (Lipinski definition) is 0. The standard InChI is InChI=1S/C14H24O4/c1-10(12(16)17-4)11(15)14(18-5)8-6-13(2,3)7-9-14/h10H,6-9H2,1-5H3. The van der Waals surface area contributed by atoms with Crippen molar-refractivity contribution in [2.45, 2.75) is 52.1 Å². The predicted octanol–water partition coefficient (Wildman–Crippen LogP) is 2.35. The molecule has 0 amide bonds. The number of rotatable bonds is 4. The van der Waals surface area contributed by atoms with Gasteiger partial charge >= 0.3 is 5.97 Å². The zero-order valence-corrected chi connectivity index (χ0v) is 12.0. The molecule has 0 heterocycles. The summed E-state index contributed by atoms with van der Waals surface area (Å²) in [6, 6.07) is 0. The summed E-state index contributed by atoms with van der Waals surface area (Å²) in [4.78, 5) is 23.9. The monoisotopic (exact) mass is 256 g/mol. The lowest BCUT2D eigenvalue weighted by molar-refractivity contribution is -0.161. The topological polar surface area (TPSA) is 52.6 Å². The van der Waals surface area contributed by atoms with Gasteiger partial charge in [-0.3, -0.25) is 9.59 Å². The number of carbonyl (C=O) groups is 2. The molecule has 0 aliphatic heterocycles. The molecule has 4 nitrogen and oxygen atoms in total. The second kappa shape index (κ2) is 5.39. The van der Waals surface area contributed by atoms with Crippen LogP contribution < -0.4 is 0 Å². The van der Waals surface area contributed by atoms with E-state index in [0.29, 0.717) is 12.8 Å². The van der Waals surface area contributed by atoms with Crippen molar-refractivity contribution < 1.29 is 19.1 Å². The highest BCUT2D eigenvalue weighted by molar-refractivity contribution is 6.03. The second-order valence-electron chi connectivity index (χ2n) is 5.97. The van der Waals surface area contributed by atoms with Gasteiger partial charge in [0.15, 0.2) is 5.78 Å². The number of Topliss-reactive ketones (excluding diaryl/α,β-unsaturated/α-hetero) is 1. The Morgan fingerprint density at radius 3 is 1.94 bits per heavy atom. The van der Waals surface area contributed by atoms with E-state index in [-0.39, 0.29) is 11.2 Å². The van der Waals surface area contributed by atoms with Crippen LogP contribution in [0, 0.1) is 11.3 Å². The molecule has 104 valence electrons. The third kappa shape index (κ3) is 2.91. The summed E-state index contributed by atoms with van der Waals surface area (Å²) in [6.45, 7) is 5.98. The first-order valence-corrected chi connectivity index (χ1v) is 6.45. The van der Waals surface area contributed by atoms with E-state index in [1.807, 2.05) is 0 Å². The van der Waals surface area contributed by atoms with Gasteiger partial charge < -0.3 is 9.47 Å². The number of esters is 1. The normalized spacial score (nSPS) is 23.2. The molecule has 0 saturated heterocycles. The fourth-order valence-electron chi connectivity index (χ4n) is 2.56. The van der Waals surface area contributed by atoms with Gasteiger partial charge in [0.25, 0.3) is 0 Å². The Balaban J connectivity index is 2.83. The average molecular weight is 256 g/mol. The zero-order chi connectivity index (χ0) is 14.0. The van der Waals surface area contributed by atoms with Crippen LogP contribution in [0.1, 0.15) is 46.5 Å². The molecule has 0 aromatic carbocycles. The molecule has 0 aromatic heterocycles. The van der Waals surface area contributed by atoms with E-state index in [9.17, 15) is 9.59 Å². The molecule has 4 heteroatoms. The molecule has 0 bridgehead atoms. The molecular weight excluding hydrogens is 232 g/mol. The fraction of sp³-hybridized carbons (Fsp3) is 0.857. The van der Waals surface area contributed by atoms with Gasteiger partial charge in [-0.15, -0.1) is 0 Å². The van der Waals surface area contributed by atoms with E-state index in [1.54, 1.807) is 14.0 Å². The van der Waals surface area contributed by atoms with Crippen LogP contribution in [0.5, 0.6) is 0 Å². The number of hydrogen-bond acceptors (Lipinski definition) is 4. The molecule has 1 unspecified atom stereocenters. The molecule has 1 saturated carbocycles. The molecule has 0 spiro atoms. The van der Waals surface area contributed by atoms with Crippen molar-refractivity contribution in [1.29, 1.82) is 0 Å². The van der Waals surface area contributed by atoms with Crippen molar-refractivity contribution in [2.75, 3.05) is 14.2 Å². The van der Waals surface area contributed by atoms with Crippen molar-refractivity contribution in [1.82, 2.24) is 0 Å². The van der Waals surface area contributed by atoms with Crippen LogP contribution >= 0.6 is 0 Å².